The first-order valence-corrected chi connectivity index (χ1v) is 9.19. The van der Waals surface area contributed by atoms with E-state index in [2.05, 4.69) is 17.6 Å². The van der Waals surface area contributed by atoms with Crippen molar-refractivity contribution in [2.24, 2.45) is 0 Å². The van der Waals surface area contributed by atoms with Gasteiger partial charge in [-0.05, 0) is 31.3 Å². The van der Waals surface area contributed by atoms with Crippen molar-refractivity contribution in [2.75, 3.05) is 6.54 Å². The third kappa shape index (κ3) is 6.41. The summed E-state index contributed by atoms with van der Waals surface area (Å²) < 4.78 is 0. The molecule has 1 rings (SSSR count). The lowest BCUT2D eigenvalue weighted by Crippen LogP contribution is -2.66. The minimum atomic E-state index is -1.44. The Morgan fingerprint density at radius 2 is 2.04 bits per heavy atom. The summed E-state index contributed by atoms with van der Waals surface area (Å²) in [7, 11) is 0. The molecule has 2 atom stereocenters. The third-order valence-electron chi connectivity index (χ3n) is 3.86. The molecule has 0 spiro atoms. The third-order valence-corrected chi connectivity index (χ3v) is 4.73. The summed E-state index contributed by atoms with van der Waals surface area (Å²) in [6.07, 6.45) is 6.38. The minimum Gasteiger partial charge on any atom is -0.389 e. The first-order chi connectivity index (χ1) is 11.1. The molecule has 3 N–H and O–H groups in total. The number of aliphatic hydroxyl groups excluding tert-OH is 1. The van der Waals surface area contributed by atoms with Gasteiger partial charge in [-0.1, -0.05) is 45.1 Å². The predicted molar refractivity (Wildman–Crippen MR) is 93.6 cm³/mol. The van der Waals surface area contributed by atoms with Gasteiger partial charge < -0.3 is 10.4 Å². The molecule has 0 aromatic carbocycles. The molecule has 0 aliphatic rings. The molecule has 0 saturated carbocycles. The van der Waals surface area contributed by atoms with Crippen molar-refractivity contribution < 1.29 is 14.7 Å². The summed E-state index contributed by atoms with van der Waals surface area (Å²) in [5.74, 6) is -0.358. The molecule has 0 aliphatic heterocycles. The highest BCUT2D eigenvalue weighted by atomic mass is 32.1. The summed E-state index contributed by atoms with van der Waals surface area (Å²) in [4.78, 5) is 24.2. The molecular weight excluding hydrogens is 312 g/mol. The SMILES string of the molecule is CCCCCCCCN[C@](C=O)(NC(=O)c1cccs1)[C@@H](C)O. The van der Waals surface area contributed by atoms with Crippen LogP contribution in [-0.4, -0.2) is 35.6 Å². The number of amides is 1. The normalized spacial score (nSPS) is 14.9. The van der Waals surface area contributed by atoms with Crippen molar-refractivity contribution in [3.8, 4) is 0 Å². The predicted octanol–water partition coefficient (Wildman–Crippen LogP) is 2.70. The number of carbonyl (C=O) groups is 2. The Labute approximate surface area is 142 Å². The standard InChI is InChI=1S/C17H28N2O3S/c1-3-4-5-6-7-8-11-18-17(13-20,14(2)21)19-16(22)15-10-9-12-23-15/h9-10,12-14,18,21H,3-8,11H2,1-2H3,(H,19,22)/t14-,17-/m1/s1. The highest BCUT2D eigenvalue weighted by Gasteiger charge is 2.36. The van der Waals surface area contributed by atoms with Crippen LogP contribution in [0.1, 0.15) is 62.0 Å². The summed E-state index contributed by atoms with van der Waals surface area (Å²) in [6, 6.07) is 3.46. The van der Waals surface area contributed by atoms with Gasteiger partial charge in [0.05, 0.1) is 11.0 Å². The zero-order valence-electron chi connectivity index (χ0n) is 14.0. The molecule has 6 heteroatoms. The smallest absolute Gasteiger partial charge is 0.263 e. The second-order valence-electron chi connectivity index (χ2n) is 5.79. The van der Waals surface area contributed by atoms with E-state index in [9.17, 15) is 14.7 Å². The van der Waals surface area contributed by atoms with E-state index in [1.165, 1.54) is 43.9 Å². The second-order valence-corrected chi connectivity index (χ2v) is 6.74. The highest BCUT2D eigenvalue weighted by molar-refractivity contribution is 7.12. The average molecular weight is 340 g/mol. The Bertz CT molecular complexity index is 462. The average Bonchev–Trinajstić information content (AvgIpc) is 3.07. The fourth-order valence-corrected chi connectivity index (χ4v) is 2.94. The number of aliphatic hydroxyl groups is 1. The van der Waals surface area contributed by atoms with Crippen LogP contribution in [0.3, 0.4) is 0 Å². The Kier molecular flexibility index (Phi) is 9.06. The van der Waals surface area contributed by atoms with E-state index < -0.39 is 11.8 Å². The lowest BCUT2D eigenvalue weighted by Gasteiger charge is -2.33. The van der Waals surface area contributed by atoms with Crippen molar-refractivity contribution >= 4 is 23.5 Å². The number of aldehydes is 1. The zero-order valence-corrected chi connectivity index (χ0v) is 14.8. The van der Waals surface area contributed by atoms with Gasteiger partial charge in [0, 0.05) is 0 Å². The van der Waals surface area contributed by atoms with Gasteiger partial charge in [0.15, 0.2) is 11.9 Å². The quantitative estimate of drug-likeness (QED) is 0.310. The Hall–Kier alpha value is -1.24. The maximum atomic E-state index is 12.2. The zero-order chi connectivity index (χ0) is 17.1. The molecule has 0 saturated heterocycles. The number of nitrogens with one attached hydrogen (secondary N) is 2. The molecule has 0 radical (unpaired) electrons. The van der Waals surface area contributed by atoms with Crippen LogP contribution in [0.4, 0.5) is 0 Å². The molecule has 130 valence electrons. The van der Waals surface area contributed by atoms with E-state index in [4.69, 9.17) is 0 Å². The number of thiophene rings is 1. The molecule has 1 heterocycles. The maximum Gasteiger partial charge on any atom is 0.263 e. The van der Waals surface area contributed by atoms with Crippen LogP contribution in [-0.2, 0) is 4.79 Å². The highest BCUT2D eigenvalue weighted by Crippen LogP contribution is 2.12. The van der Waals surface area contributed by atoms with Gasteiger partial charge in [-0.3, -0.25) is 14.9 Å². The fraction of sp³-hybridized carbons (Fsp3) is 0.647. The van der Waals surface area contributed by atoms with Crippen molar-refractivity contribution in [1.82, 2.24) is 10.6 Å². The van der Waals surface area contributed by atoms with E-state index in [0.717, 1.165) is 12.8 Å². The van der Waals surface area contributed by atoms with E-state index >= 15 is 0 Å². The van der Waals surface area contributed by atoms with Gasteiger partial charge >= 0.3 is 0 Å². The number of carbonyl (C=O) groups excluding carboxylic acids is 2. The van der Waals surface area contributed by atoms with Gasteiger partial charge in [0.2, 0.25) is 0 Å². The van der Waals surface area contributed by atoms with Crippen LogP contribution in [0.15, 0.2) is 17.5 Å². The molecule has 0 bridgehead atoms. The monoisotopic (exact) mass is 340 g/mol. The van der Waals surface area contributed by atoms with Crippen molar-refractivity contribution in [3.05, 3.63) is 22.4 Å². The Morgan fingerprint density at radius 3 is 2.61 bits per heavy atom. The molecule has 23 heavy (non-hydrogen) atoms. The lowest BCUT2D eigenvalue weighted by atomic mass is 10.0. The van der Waals surface area contributed by atoms with Gasteiger partial charge in [0.1, 0.15) is 0 Å². The molecule has 0 aliphatic carbocycles. The van der Waals surface area contributed by atoms with E-state index in [-0.39, 0.29) is 5.91 Å². The van der Waals surface area contributed by atoms with Gasteiger partial charge in [-0.15, -0.1) is 11.3 Å². The number of rotatable bonds is 12. The molecule has 1 aromatic rings. The van der Waals surface area contributed by atoms with Crippen molar-refractivity contribution in [3.63, 3.8) is 0 Å². The van der Waals surface area contributed by atoms with Crippen molar-refractivity contribution in [2.45, 2.75) is 64.1 Å². The van der Waals surface area contributed by atoms with Crippen LogP contribution < -0.4 is 10.6 Å². The topological polar surface area (TPSA) is 78.4 Å². The molecule has 0 unspecified atom stereocenters. The molecule has 1 aromatic heterocycles. The van der Waals surface area contributed by atoms with Crippen LogP contribution in [0.2, 0.25) is 0 Å². The van der Waals surface area contributed by atoms with Crippen LogP contribution in [0, 0.1) is 0 Å². The first kappa shape index (κ1) is 19.8. The lowest BCUT2D eigenvalue weighted by molar-refractivity contribution is -0.118. The summed E-state index contributed by atoms with van der Waals surface area (Å²) >= 11 is 1.30. The molecule has 5 nitrogen and oxygen atoms in total. The Balaban J connectivity index is 2.50. The first-order valence-electron chi connectivity index (χ1n) is 8.31. The fourth-order valence-electron chi connectivity index (χ4n) is 2.32. The number of hydrogen-bond acceptors (Lipinski definition) is 5. The van der Waals surface area contributed by atoms with E-state index in [1.54, 1.807) is 17.5 Å². The van der Waals surface area contributed by atoms with E-state index in [0.29, 0.717) is 17.7 Å². The van der Waals surface area contributed by atoms with Gasteiger partial charge in [-0.2, -0.15) is 0 Å². The molecule has 0 fully saturated rings. The largest absolute Gasteiger partial charge is 0.389 e. The van der Waals surface area contributed by atoms with Gasteiger partial charge in [0.25, 0.3) is 5.91 Å². The summed E-state index contributed by atoms with van der Waals surface area (Å²) in [5, 5.41) is 17.4. The van der Waals surface area contributed by atoms with Crippen molar-refractivity contribution in [1.29, 1.82) is 0 Å². The Morgan fingerprint density at radius 1 is 1.35 bits per heavy atom. The maximum absolute atomic E-state index is 12.2. The van der Waals surface area contributed by atoms with Crippen LogP contribution in [0.5, 0.6) is 0 Å². The molecule has 1 amide bonds. The van der Waals surface area contributed by atoms with Gasteiger partial charge in [-0.25, -0.2) is 0 Å². The summed E-state index contributed by atoms with van der Waals surface area (Å²) in [6.45, 7) is 4.25. The molecular formula is C17H28N2O3S. The number of unbranched alkanes of at least 4 members (excludes halogenated alkanes) is 5. The second kappa shape index (κ2) is 10.5. The minimum absolute atomic E-state index is 0.358. The van der Waals surface area contributed by atoms with E-state index in [1.807, 2.05) is 0 Å². The van der Waals surface area contributed by atoms with Crippen LogP contribution >= 0.6 is 11.3 Å². The van der Waals surface area contributed by atoms with Crippen LogP contribution in [0.25, 0.3) is 0 Å². The summed E-state index contributed by atoms with van der Waals surface area (Å²) in [5.41, 5.74) is -1.44. The number of hydrogen-bond donors (Lipinski definition) is 3.